The predicted octanol–water partition coefficient (Wildman–Crippen LogP) is 4.71. The van der Waals surface area contributed by atoms with Crippen molar-refractivity contribution < 1.29 is 17.6 Å². The number of anilines is 1. The van der Waals surface area contributed by atoms with Gasteiger partial charge in [0.25, 0.3) is 0 Å². The van der Waals surface area contributed by atoms with Gasteiger partial charge in [-0.1, -0.05) is 12.1 Å². The Morgan fingerprint density at radius 1 is 1.08 bits per heavy atom. The number of aryl methyl sites for hydroxylation is 1. The molecule has 0 aliphatic carbocycles. The third-order valence-corrected chi connectivity index (χ3v) is 4.38. The normalized spacial score (nSPS) is 14.8. The smallest absolute Gasteiger partial charge is 0.416 e. The zero-order valence-electron chi connectivity index (χ0n) is 13.8. The fraction of sp³-hybridized carbons (Fsp3) is 0.263. The Labute approximate surface area is 148 Å². The fourth-order valence-electron chi connectivity index (χ4n) is 3.09. The standard InChI is InChI=1S/C19H16F3N3O/c20-19(21,22)13-5-3-6-14(11-13)25-10-4-8-15-17(12-25)26-18(24-15)16-7-1-2-9-23-16/h1-3,5-7,9,11H,4,8,10,12H2. The van der Waals surface area contributed by atoms with Gasteiger partial charge >= 0.3 is 6.18 Å². The Balaban J connectivity index is 1.63. The first-order valence-corrected chi connectivity index (χ1v) is 8.33. The van der Waals surface area contributed by atoms with E-state index >= 15 is 0 Å². The molecule has 0 unspecified atom stereocenters. The molecule has 0 fully saturated rings. The van der Waals surface area contributed by atoms with Crippen LogP contribution < -0.4 is 4.90 Å². The number of alkyl halides is 3. The molecule has 1 aromatic carbocycles. The Morgan fingerprint density at radius 3 is 2.73 bits per heavy atom. The first kappa shape index (κ1) is 16.6. The van der Waals surface area contributed by atoms with Gasteiger partial charge < -0.3 is 9.32 Å². The lowest BCUT2D eigenvalue weighted by Gasteiger charge is -2.23. The molecule has 4 rings (SSSR count). The molecule has 134 valence electrons. The molecule has 0 atom stereocenters. The van der Waals surface area contributed by atoms with E-state index in [0.717, 1.165) is 24.6 Å². The van der Waals surface area contributed by atoms with Crippen molar-refractivity contribution in [2.75, 3.05) is 11.4 Å². The molecule has 0 saturated heterocycles. The summed E-state index contributed by atoms with van der Waals surface area (Å²) in [4.78, 5) is 10.7. The number of benzene rings is 1. The van der Waals surface area contributed by atoms with Crippen LogP contribution in [-0.4, -0.2) is 16.5 Å². The van der Waals surface area contributed by atoms with Crippen molar-refractivity contribution in [2.45, 2.75) is 25.6 Å². The number of rotatable bonds is 2. The van der Waals surface area contributed by atoms with Crippen LogP contribution in [0.2, 0.25) is 0 Å². The molecule has 4 nitrogen and oxygen atoms in total. The molecule has 0 saturated carbocycles. The number of pyridine rings is 1. The molecular weight excluding hydrogens is 343 g/mol. The lowest BCUT2D eigenvalue weighted by molar-refractivity contribution is -0.137. The van der Waals surface area contributed by atoms with E-state index in [4.69, 9.17) is 4.42 Å². The minimum absolute atomic E-state index is 0.385. The van der Waals surface area contributed by atoms with Crippen LogP contribution in [0.25, 0.3) is 11.6 Å². The van der Waals surface area contributed by atoms with Gasteiger partial charge in [0.2, 0.25) is 5.89 Å². The Morgan fingerprint density at radius 2 is 1.96 bits per heavy atom. The summed E-state index contributed by atoms with van der Waals surface area (Å²) >= 11 is 0. The molecule has 3 aromatic rings. The van der Waals surface area contributed by atoms with Crippen LogP contribution in [0, 0.1) is 0 Å². The molecule has 7 heteroatoms. The average Bonchev–Trinajstić information content (AvgIpc) is 2.93. The maximum Gasteiger partial charge on any atom is 0.416 e. The summed E-state index contributed by atoms with van der Waals surface area (Å²) in [5.74, 6) is 1.13. The molecule has 0 N–H and O–H groups in total. The minimum Gasteiger partial charge on any atom is -0.438 e. The van der Waals surface area contributed by atoms with Gasteiger partial charge in [-0.05, 0) is 43.2 Å². The SMILES string of the molecule is FC(F)(F)c1cccc(N2CCCc3nc(-c4ccccn4)oc3C2)c1. The van der Waals surface area contributed by atoms with E-state index in [-0.39, 0.29) is 0 Å². The van der Waals surface area contributed by atoms with Crippen molar-refractivity contribution in [1.82, 2.24) is 9.97 Å². The van der Waals surface area contributed by atoms with Crippen LogP contribution in [0.5, 0.6) is 0 Å². The quantitative estimate of drug-likeness (QED) is 0.665. The second-order valence-electron chi connectivity index (χ2n) is 6.18. The molecular formula is C19H16F3N3O. The monoisotopic (exact) mass is 359 g/mol. The van der Waals surface area contributed by atoms with Gasteiger partial charge in [-0.2, -0.15) is 13.2 Å². The number of aromatic nitrogens is 2. The highest BCUT2D eigenvalue weighted by Gasteiger charge is 2.31. The molecule has 2 aromatic heterocycles. The van der Waals surface area contributed by atoms with Gasteiger partial charge in [0.15, 0.2) is 0 Å². The highest BCUT2D eigenvalue weighted by atomic mass is 19.4. The summed E-state index contributed by atoms with van der Waals surface area (Å²) in [5.41, 5.74) is 1.38. The van der Waals surface area contributed by atoms with E-state index in [1.807, 2.05) is 23.1 Å². The molecule has 1 aliphatic heterocycles. The van der Waals surface area contributed by atoms with Gasteiger partial charge in [0, 0.05) is 18.4 Å². The fourth-order valence-corrected chi connectivity index (χ4v) is 3.09. The van der Waals surface area contributed by atoms with Crippen LogP contribution in [0.1, 0.15) is 23.4 Å². The van der Waals surface area contributed by atoms with Crippen molar-refractivity contribution in [3.8, 4) is 11.6 Å². The molecule has 0 bridgehead atoms. The van der Waals surface area contributed by atoms with Crippen molar-refractivity contribution in [2.24, 2.45) is 0 Å². The van der Waals surface area contributed by atoms with Crippen molar-refractivity contribution in [3.05, 3.63) is 65.7 Å². The molecule has 1 aliphatic rings. The summed E-state index contributed by atoms with van der Waals surface area (Å²) in [6.45, 7) is 1.03. The second-order valence-corrected chi connectivity index (χ2v) is 6.18. The summed E-state index contributed by atoms with van der Waals surface area (Å²) in [5, 5.41) is 0. The second kappa shape index (κ2) is 6.48. The van der Waals surface area contributed by atoms with Gasteiger partial charge in [-0.25, -0.2) is 4.98 Å². The highest BCUT2D eigenvalue weighted by Crippen LogP contribution is 2.33. The number of nitrogens with zero attached hydrogens (tertiary/aromatic N) is 3. The van der Waals surface area contributed by atoms with E-state index in [9.17, 15) is 13.2 Å². The first-order valence-electron chi connectivity index (χ1n) is 8.33. The predicted molar refractivity (Wildman–Crippen MR) is 90.5 cm³/mol. The molecule has 0 radical (unpaired) electrons. The number of hydrogen-bond acceptors (Lipinski definition) is 4. The molecule has 26 heavy (non-hydrogen) atoms. The van der Waals surface area contributed by atoms with E-state index in [1.165, 1.54) is 12.1 Å². The lowest BCUT2D eigenvalue weighted by Crippen LogP contribution is -2.22. The maximum atomic E-state index is 13.0. The lowest BCUT2D eigenvalue weighted by atomic mass is 10.1. The zero-order valence-corrected chi connectivity index (χ0v) is 13.8. The van der Waals surface area contributed by atoms with Crippen molar-refractivity contribution >= 4 is 5.69 Å². The maximum absolute atomic E-state index is 13.0. The number of oxazole rings is 1. The Bertz CT molecular complexity index is 906. The summed E-state index contributed by atoms with van der Waals surface area (Å²) < 4.78 is 44.9. The highest BCUT2D eigenvalue weighted by molar-refractivity contribution is 5.51. The minimum atomic E-state index is -4.36. The summed E-state index contributed by atoms with van der Waals surface area (Å²) in [6, 6.07) is 10.9. The number of halogens is 3. The Hall–Kier alpha value is -2.83. The van der Waals surface area contributed by atoms with Crippen LogP contribution in [0.4, 0.5) is 18.9 Å². The Kier molecular flexibility index (Phi) is 4.14. The van der Waals surface area contributed by atoms with E-state index in [0.29, 0.717) is 36.1 Å². The molecule has 0 amide bonds. The van der Waals surface area contributed by atoms with Crippen LogP contribution in [0.3, 0.4) is 0 Å². The van der Waals surface area contributed by atoms with Gasteiger partial charge in [-0.3, -0.25) is 4.98 Å². The number of fused-ring (bicyclic) bond motifs is 1. The van der Waals surface area contributed by atoms with E-state index < -0.39 is 11.7 Å². The van der Waals surface area contributed by atoms with Gasteiger partial charge in [0.1, 0.15) is 11.5 Å². The van der Waals surface area contributed by atoms with Crippen LogP contribution in [0.15, 0.2) is 53.1 Å². The van der Waals surface area contributed by atoms with E-state index in [2.05, 4.69) is 9.97 Å². The zero-order chi connectivity index (χ0) is 18.1. The number of hydrogen-bond donors (Lipinski definition) is 0. The molecule has 0 spiro atoms. The summed E-state index contributed by atoms with van der Waals surface area (Å²) in [6.07, 6.45) is -1.18. The van der Waals surface area contributed by atoms with E-state index in [1.54, 1.807) is 12.3 Å². The van der Waals surface area contributed by atoms with Crippen LogP contribution in [-0.2, 0) is 19.1 Å². The van der Waals surface area contributed by atoms with Gasteiger partial charge in [-0.15, -0.1) is 0 Å². The van der Waals surface area contributed by atoms with Gasteiger partial charge in [0.05, 0.1) is 17.8 Å². The van der Waals surface area contributed by atoms with Crippen LogP contribution >= 0.6 is 0 Å². The average molecular weight is 359 g/mol. The van der Waals surface area contributed by atoms with Crippen molar-refractivity contribution in [3.63, 3.8) is 0 Å². The first-order chi connectivity index (χ1) is 12.5. The largest absolute Gasteiger partial charge is 0.438 e. The third-order valence-electron chi connectivity index (χ3n) is 4.38. The molecule has 3 heterocycles. The summed E-state index contributed by atoms with van der Waals surface area (Å²) in [7, 11) is 0. The third kappa shape index (κ3) is 3.29. The van der Waals surface area contributed by atoms with Crippen molar-refractivity contribution in [1.29, 1.82) is 0 Å². The topological polar surface area (TPSA) is 42.2 Å².